The molecule has 1 heterocycles. The van der Waals surface area contributed by atoms with Crippen LogP contribution >= 0.6 is 0 Å². The summed E-state index contributed by atoms with van der Waals surface area (Å²) in [7, 11) is 0. The quantitative estimate of drug-likeness (QED) is 0.908. The predicted octanol–water partition coefficient (Wildman–Crippen LogP) is 3.49. The van der Waals surface area contributed by atoms with E-state index in [9.17, 15) is 13.6 Å². The van der Waals surface area contributed by atoms with E-state index in [1.807, 2.05) is 0 Å². The first-order valence-electron chi connectivity index (χ1n) is 7.91. The van der Waals surface area contributed by atoms with Crippen molar-refractivity contribution in [3.63, 3.8) is 0 Å². The van der Waals surface area contributed by atoms with Gasteiger partial charge in [-0.3, -0.25) is 4.79 Å². The number of hydrogen-bond acceptors (Lipinski definition) is 2. The van der Waals surface area contributed by atoms with E-state index >= 15 is 0 Å². The zero-order valence-electron chi connectivity index (χ0n) is 12.6. The van der Waals surface area contributed by atoms with Crippen LogP contribution in [0.4, 0.5) is 8.78 Å². The van der Waals surface area contributed by atoms with Crippen molar-refractivity contribution in [3.05, 3.63) is 35.4 Å². The molecule has 2 aliphatic rings. The lowest BCUT2D eigenvalue weighted by Gasteiger charge is -2.45. The Kier molecular flexibility index (Phi) is 4.43. The molecule has 22 heavy (non-hydrogen) atoms. The molecule has 3 rings (SSSR count). The first kappa shape index (κ1) is 15.4. The van der Waals surface area contributed by atoms with Crippen molar-refractivity contribution in [1.82, 2.24) is 5.32 Å². The van der Waals surface area contributed by atoms with E-state index in [1.165, 1.54) is 19.1 Å². The second-order valence-corrected chi connectivity index (χ2v) is 6.36. The van der Waals surface area contributed by atoms with Crippen LogP contribution in [0, 0.1) is 17.6 Å². The van der Waals surface area contributed by atoms with Crippen molar-refractivity contribution in [1.29, 1.82) is 0 Å². The molecular formula is C17H21F2NO2. The van der Waals surface area contributed by atoms with Crippen LogP contribution < -0.4 is 5.32 Å². The lowest BCUT2D eigenvalue weighted by Crippen LogP contribution is -2.50. The van der Waals surface area contributed by atoms with Gasteiger partial charge in [0.05, 0.1) is 12.2 Å². The summed E-state index contributed by atoms with van der Waals surface area (Å²) in [6, 6.07) is 3.51. The Morgan fingerprint density at radius 2 is 1.86 bits per heavy atom. The summed E-state index contributed by atoms with van der Waals surface area (Å²) in [5.41, 5.74) is 0.511. The number of benzene rings is 1. The van der Waals surface area contributed by atoms with Gasteiger partial charge in [0, 0.05) is 24.9 Å². The maximum Gasteiger partial charge on any atom is 0.217 e. The van der Waals surface area contributed by atoms with Gasteiger partial charge in [0.25, 0.3) is 0 Å². The SMILES string of the molecule is CC(=O)N[C@@H]1C[C@H](c2cc(F)cc(F)c2)O[C@@H]2CCCC[C@@H]12. The molecular weight excluding hydrogens is 288 g/mol. The Labute approximate surface area is 129 Å². The van der Waals surface area contributed by atoms with E-state index in [-0.39, 0.29) is 24.2 Å². The summed E-state index contributed by atoms with van der Waals surface area (Å²) in [6.07, 6.45) is 4.44. The number of carbonyl (C=O) groups excluding carboxylic acids is 1. The molecule has 2 fully saturated rings. The fourth-order valence-corrected chi connectivity index (χ4v) is 3.83. The van der Waals surface area contributed by atoms with Gasteiger partial charge in [-0.25, -0.2) is 8.78 Å². The Morgan fingerprint density at radius 1 is 1.18 bits per heavy atom. The van der Waals surface area contributed by atoms with Gasteiger partial charge in [0.2, 0.25) is 5.91 Å². The number of fused-ring (bicyclic) bond motifs is 1. The summed E-state index contributed by atoms with van der Waals surface area (Å²) in [4.78, 5) is 11.5. The van der Waals surface area contributed by atoms with Crippen molar-refractivity contribution in [2.24, 2.45) is 5.92 Å². The molecule has 1 aromatic rings. The molecule has 120 valence electrons. The topological polar surface area (TPSA) is 38.3 Å². The lowest BCUT2D eigenvalue weighted by atomic mass is 9.76. The van der Waals surface area contributed by atoms with Crippen LogP contribution in [0.25, 0.3) is 0 Å². The maximum absolute atomic E-state index is 13.5. The number of amides is 1. The third-order valence-corrected chi connectivity index (χ3v) is 4.72. The highest BCUT2D eigenvalue weighted by molar-refractivity contribution is 5.73. The van der Waals surface area contributed by atoms with Crippen LogP contribution in [0.1, 0.15) is 50.7 Å². The Hall–Kier alpha value is -1.49. The molecule has 0 radical (unpaired) electrons. The maximum atomic E-state index is 13.5. The fourth-order valence-electron chi connectivity index (χ4n) is 3.83. The minimum atomic E-state index is -0.597. The summed E-state index contributed by atoms with van der Waals surface area (Å²) in [5, 5.41) is 3.00. The number of nitrogens with one attached hydrogen (secondary N) is 1. The van der Waals surface area contributed by atoms with E-state index in [4.69, 9.17) is 4.74 Å². The average Bonchev–Trinajstić information content (AvgIpc) is 2.45. The molecule has 0 spiro atoms. The monoisotopic (exact) mass is 309 g/mol. The molecule has 1 N–H and O–H groups in total. The molecule has 1 saturated heterocycles. The molecule has 4 atom stereocenters. The van der Waals surface area contributed by atoms with Crippen LogP contribution in [-0.4, -0.2) is 18.1 Å². The second-order valence-electron chi connectivity index (χ2n) is 6.36. The van der Waals surface area contributed by atoms with Gasteiger partial charge in [-0.05, 0) is 37.0 Å². The van der Waals surface area contributed by atoms with Crippen molar-refractivity contribution in [2.45, 2.75) is 57.3 Å². The van der Waals surface area contributed by atoms with Crippen LogP contribution in [0.15, 0.2) is 18.2 Å². The number of rotatable bonds is 2. The number of halogens is 2. The first-order valence-corrected chi connectivity index (χ1v) is 7.91. The summed E-state index contributed by atoms with van der Waals surface area (Å²) >= 11 is 0. The Balaban J connectivity index is 1.84. The molecule has 1 amide bonds. The van der Waals surface area contributed by atoms with Gasteiger partial charge >= 0.3 is 0 Å². The zero-order valence-corrected chi connectivity index (χ0v) is 12.6. The molecule has 1 aliphatic carbocycles. The van der Waals surface area contributed by atoms with Crippen molar-refractivity contribution in [2.75, 3.05) is 0 Å². The van der Waals surface area contributed by atoms with E-state index in [0.717, 1.165) is 31.7 Å². The van der Waals surface area contributed by atoms with Crippen molar-refractivity contribution in [3.8, 4) is 0 Å². The summed E-state index contributed by atoms with van der Waals surface area (Å²) < 4.78 is 33.0. The normalized spacial score (nSPS) is 31.4. The number of carbonyl (C=O) groups is 1. The number of hydrogen-bond donors (Lipinski definition) is 1. The van der Waals surface area contributed by atoms with E-state index in [2.05, 4.69) is 5.32 Å². The van der Waals surface area contributed by atoms with Gasteiger partial charge in [0.15, 0.2) is 0 Å². The smallest absolute Gasteiger partial charge is 0.217 e. The van der Waals surface area contributed by atoms with Gasteiger partial charge in [-0.1, -0.05) is 12.8 Å². The molecule has 1 aromatic carbocycles. The largest absolute Gasteiger partial charge is 0.370 e. The van der Waals surface area contributed by atoms with Crippen LogP contribution in [0.2, 0.25) is 0 Å². The molecule has 1 saturated carbocycles. The average molecular weight is 309 g/mol. The molecule has 1 aliphatic heterocycles. The molecule has 5 heteroatoms. The number of ether oxygens (including phenoxy) is 1. The zero-order chi connectivity index (χ0) is 15.7. The standard InChI is InChI=1S/C17H21F2NO2/c1-10(21)20-15-9-17(11-6-12(18)8-13(19)7-11)22-16-5-3-2-4-14(15)16/h6-8,14-17H,2-5,9H2,1H3,(H,20,21)/t14-,15+,16+,17+/m0/s1. The van der Waals surface area contributed by atoms with E-state index in [0.29, 0.717) is 17.9 Å². The highest BCUT2D eigenvalue weighted by Gasteiger charge is 2.40. The minimum Gasteiger partial charge on any atom is -0.370 e. The highest BCUT2D eigenvalue weighted by atomic mass is 19.1. The van der Waals surface area contributed by atoms with Gasteiger partial charge in [-0.15, -0.1) is 0 Å². The Morgan fingerprint density at radius 3 is 2.55 bits per heavy atom. The minimum absolute atomic E-state index is 0.00729. The second kappa shape index (κ2) is 6.32. The predicted molar refractivity (Wildman–Crippen MR) is 78.2 cm³/mol. The molecule has 0 aromatic heterocycles. The Bertz CT molecular complexity index is 543. The molecule has 0 bridgehead atoms. The first-order chi connectivity index (χ1) is 10.5. The summed E-state index contributed by atoms with van der Waals surface area (Å²) in [6.45, 7) is 1.50. The summed E-state index contributed by atoms with van der Waals surface area (Å²) in [5.74, 6) is -0.964. The van der Waals surface area contributed by atoms with E-state index in [1.54, 1.807) is 0 Å². The van der Waals surface area contributed by atoms with Gasteiger partial charge < -0.3 is 10.1 Å². The third kappa shape index (κ3) is 3.29. The fraction of sp³-hybridized carbons (Fsp3) is 0.588. The van der Waals surface area contributed by atoms with Crippen molar-refractivity contribution >= 4 is 5.91 Å². The van der Waals surface area contributed by atoms with Crippen LogP contribution in [0.5, 0.6) is 0 Å². The van der Waals surface area contributed by atoms with Crippen molar-refractivity contribution < 1.29 is 18.3 Å². The lowest BCUT2D eigenvalue weighted by molar-refractivity contribution is -0.131. The van der Waals surface area contributed by atoms with Gasteiger partial charge in [0.1, 0.15) is 11.6 Å². The molecule has 3 nitrogen and oxygen atoms in total. The highest BCUT2D eigenvalue weighted by Crippen LogP contribution is 2.41. The third-order valence-electron chi connectivity index (χ3n) is 4.72. The van der Waals surface area contributed by atoms with Gasteiger partial charge in [-0.2, -0.15) is 0 Å². The van der Waals surface area contributed by atoms with E-state index < -0.39 is 11.6 Å². The molecule has 0 unspecified atom stereocenters. The van der Waals surface area contributed by atoms with Crippen LogP contribution in [0.3, 0.4) is 0 Å². The van der Waals surface area contributed by atoms with Crippen LogP contribution in [-0.2, 0) is 9.53 Å².